The Kier molecular flexibility index (Phi) is 2.77. The third kappa shape index (κ3) is 2.24. The normalized spacial score (nSPS) is 28.0. The largest absolute Gasteiger partial charge is 0.259 e. The van der Waals surface area contributed by atoms with Crippen LogP contribution in [0.1, 0.15) is 20.3 Å². The standard InChI is InChI=1S/C8H13NO2S/c1-8(2)7(4-6-12-8)3-5-9(10)11/h3,5,7H,4,6H2,1-2H3/b5-3+. The van der Waals surface area contributed by atoms with Gasteiger partial charge in [-0.2, -0.15) is 11.8 Å². The van der Waals surface area contributed by atoms with Crippen LogP contribution < -0.4 is 0 Å². The van der Waals surface area contributed by atoms with Crippen molar-refractivity contribution in [2.24, 2.45) is 5.92 Å². The van der Waals surface area contributed by atoms with Crippen molar-refractivity contribution >= 4 is 11.8 Å². The number of nitrogens with zero attached hydrogens (tertiary/aromatic N) is 1. The molecule has 0 N–H and O–H groups in total. The molecule has 1 aliphatic heterocycles. The molecule has 0 spiro atoms. The summed E-state index contributed by atoms with van der Waals surface area (Å²) in [4.78, 5) is 9.69. The number of allylic oxidation sites excluding steroid dienone is 1. The first-order valence-corrected chi connectivity index (χ1v) is 4.97. The summed E-state index contributed by atoms with van der Waals surface area (Å²) in [7, 11) is 0. The highest BCUT2D eigenvalue weighted by molar-refractivity contribution is 8.00. The van der Waals surface area contributed by atoms with Crippen LogP contribution >= 0.6 is 11.8 Å². The Bertz CT molecular complexity index is 213. The Hall–Kier alpha value is -0.510. The Morgan fingerprint density at radius 1 is 1.67 bits per heavy atom. The van der Waals surface area contributed by atoms with Gasteiger partial charge in [0.15, 0.2) is 0 Å². The summed E-state index contributed by atoms with van der Waals surface area (Å²) in [6.07, 6.45) is 3.85. The molecule has 1 unspecified atom stereocenters. The van der Waals surface area contributed by atoms with Gasteiger partial charge in [0.25, 0.3) is 0 Å². The molecule has 0 aliphatic carbocycles. The zero-order valence-electron chi connectivity index (χ0n) is 7.32. The topological polar surface area (TPSA) is 43.1 Å². The smallest absolute Gasteiger partial charge is 0.230 e. The SMILES string of the molecule is CC1(C)SCCC1/C=C/[N+](=O)[O-]. The minimum Gasteiger partial charge on any atom is -0.259 e. The Labute approximate surface area is 76.4 Å². The average molecular weight is 187 g/mol. The van der Waals surface area contributed by atoms with Gasteiger partial charge in [0.2, 0.25) is 6.20 Å². The molecule has 1 aliphatic rings. The van der Waals surface area contributed by atoms with E-state index < -0.39 is 0 Å². The van der Waals surface area contributed by atoms with Crippen LogP contribution in [0, 0.1) is 16.0 Å². The maximum atomic E-state index is 10.1. The van der Waals surface area contributed by atoms with Gasteiger partial charge in [-0.1, -0.05) is 13.8 Å². The molecule has 0 aromatic heterocycles. The van der Waals surface area contributed by atoms with Crippen LogP contribution in [0.3, 0.4) is 0 Å². The highest BCUT2D eigenvalue weighted by Gasteiger charge is 2.33. The van der Waals surface area contributed by atoms with E-state index in [0.29, 0.717) is 5.92 Å². The van der Waals surface area contributed by atoms with Crippen molar-refractivity contribution in [2.75, 3.05) is 5.75 Å². The summed E-state index contributed by atoms with van der Waals surface area (Å²) in [5, 5.41) is 10.1. The van der Waals surface area contributed by atoms with Crippen LogP contribution in [-0.4, -0.2) is 15.4 Å². The molecular formula is C8H13NO2S. The van der Waals surface area contributed by atoms with E-state index in [1.165, 1.54) is 0 Å². The van der Waals surface area contributed by atoms with Crippen LogP contribution in [0.5, 0.6) is 0 Å². The fraction of sp³-hybridized carbons (Fsp3) is 0.750. The van der Waals surface area contributed by atoms with Crippen molar-refractivity contribution < 1.29 is 4.92 Å². The van der Waals surface area contributed by atoms with Gasteiger partial charge in [0, 0.05) is 4.75 Å². The number of thioether (sulfide) groups is 1. The number of nitro groups is 1. The van der Waals surface area contributed by atoms with Crippen molar-refractivity contribution in [3.63, 3.8) is 0 Å². The predicted octanol–water partition coefficient (Wildman–Crippen LogP) is 2.31. The second-order valence-electron chi connectivity index (χ2n) is 3.47. The van der Waals surface area contributed by atoms with E-state index in [9.17, 15) is 10.1 Å². The van der Waals surface area contributed by atoms with Crippen LogP contribution in [0.2, 0.25) is 0 Å². The minimum atomic E-state index is -0.390. The van der Waals surface area contributed by atoms with Crippen LogP contribution in [-0.2, 0) is 0 Å². The van der Waals surface area contributed by atoms with Crippen molar-refractivity contribution in [3.05, 3.63) is 22.4 Å². The zero-order valence-corrected chi connectivity index (χ0v) is 8.13. The lowest BCUT2D eigenvalue weighted by Gasteiger charge is -2.21. The molecule has 12 heavy (non-hydrogen) atoms. The van der Waals surface area contributed by atoms with Crippen molar-refractivity contribution in [1.29, 1.82) is 0 Å². The lowest BCUT2D eigenvalue weighted by molar-refractivity contribution is -0.402. The van der Waals surface area contributed by atoms with Gasteiger partial charge in [-0.15, -0.1) is 0 Å². The van der Waals surface area contributed by atoms with E-state index in [1.807, 2.05) is 11.8 Å². The molecule has 68 valence electrons. The van der Waals surface area contributed by atoms with E-state index in [0.717, 1.165) is 18.4 Å². The molecule has 0 saturated carbocycles. The molecular weight excluding hydrogens is 174 g/mol. The van der Waals surface area contributed by atoms with E-state index in [2.05, 4.69) is 13.8 Å². The van der Waals surface area contributed by atoms with Gasteiger partial charge >= 0.3 is 0 Å². The first-order valence-electron chi connectivity index (χ1n) is 3.98. The van der Waals surface area contributed by atoms with Gasteiger partial charge in [0.05, 0.1) is 4.92 Å². The Balaban J connectivity index is 2.58. The molecule has 0 radical (unpaired) electrons. The van der Waals surface area contributed by atoms with Gasteiger partial charge < -0.3 is 0 Å². The maximum absolute atomic E-state index is 10.1. The summed E-state index contributed by atoms with van der Waals surface area (Å²) in [6, 6.07) is 0. The summed E-state index contributed by atoms with van der Waals surface area (Å²) in [6.45, 7) is 4.28. The Morgan fingerprint density at radius 3 is 2.75 bits per heavy atom. The van der Waals surface area contributed by atoms with Crippen molar-refractivity contribution in [3.8, 4) is 0 Å². The third-order valence-electron chi connectivity index (χ3n) is 2.24. The third-order valence-corrected chi connectivity index (χ3v) is 3.72. The van der Waals surface area contributed by atoms with E-state index in [1.54, 1.807) is 6.08 Å². The minimum absolute atomic E-state index is 0.173. The van der Waals surface area contributed by atoms with E-state index in [-0.39, 0.29) is 9.67 Å². The van der Waals surface area contributed by atoms with Gasteiger partial charge in [0.1, 0.15) is 0 Å². The predicted molar refractivity (Wildman–Crippen MR) is 50.8 cm³/mol. The maximum Gasteiger partial charge on any atom is 0.230 e. The average Bonchev–Trinajstić information content (AvgIpc) is 2.25. The molecule has 1 fully saturated rings. The second kappa shape index (κ2) is 3.47. The first kappa shape index (κ1) is 9.58. The number of rotatable bonds is 2. The lowest BCUT2D eigenvalue weighted by Crippen LogP contribution is -2.20. The molecule has 1 atom stereocenters. The summed E-state index contributed by atoms with van der Waals surface area (Å²) in [5.74, 6) is 1.47. The zero-order chi connectivity index (χ0) is 9.19. The van der Waals surface area contributed by atoms with Crippen LogP contribution in [0.25, 0.3) is 0 Å². The molecule has 0 aromatic rings. The van der Waals surface area contributed by atoms with E-state index >= 15 is 0 Å². The fourth-order valence-corrected chi connectivity index (χ4v) is 2.71. The molecule has 3 nitrogen and oxygen atoms in total. The van der Waals surface area contributed by atoms with Crippen molar-refractivity contribution in [1.82, 2.24) is 0 Å². The highest BCUT2D eigenvalue weighted by atomic mass is 32.2. The molecule has 1 heterocycles. The number of hydrogen-bond acceptors (Lipinski definition) is 3. The highest BCUT2D eigenvalue weighted by Crippen LogP contribution is 2.42. The molecule has 1 saturated heterocycles. The van der Waals surface area contributed by atoms with Crippen LogP contribution in [0.4, 0.5) is 0 Å². The second-order valence-corrected chi connectivity index (χ2v) is 5.22. The van der Waals surface area contributed by atoms with Crippen LogP contribution in [0.15, 0.2) is 12.3 Å². The molecule has 0 aromatic carbocycles. The number of hydrogen-bond donors (Lipinski definition) is 0. The summed E-state index contributed by atoms with van der Waals surface area (Å²) in [5.41, 5.74) is 0. The fourth-order valence-electron chi connectivity index (χ4n) is 1.41. The quantitative estimate of drug-likeness (QED) is 0.492. The first-order chi connectivity index (χ1) is 5.52. The van der Waals surface area contributed by atoms with Crippen molar-refractivity contribution in [2.45, 2.75) is 25.0 Å². The molecule has 0 amide bonds. The molecule has 1 rings (SSSR count). The lowest BCUT2D eigenvalue weighted by atomic mass is 9.93. The summed E-state index contributed by atoms with van der Waals surface area (Å²) < 4.78 is 0.173. The summed E-state index contributed by atoms with van der Waals surface area (Å²) >= 11 is 1.89. The Morgan fingerprint density at radius 2 is 2.33 bits per heavy atom. The molecule has 4 heteroatoms. The van der Waals surface area contributed by atoms with E-state index in [4.69, 9.17) is 0 Å². The molecule has 0 bridgehead atoms. The van der Waals surface area contributed by atoms with Gasteiger partial charge in [-0.05, 0) is 24.2 Å². The van der Waals surface area contributed by atoms with Gasteiger partial charge in [-0.3, -0.25) is 10.1 Å². The van der Waals surface area contributed by atoms with Gasteiger partial charge in [-0.25, -0.2) is 0 Å². The monoisotopic (exact) mass is 187 g/mol.